The molecule has 0 unspecified atom stereocenters. The van der Waals surface area contributed by atoms with Gasteiger partial charge in [-0.3, -0.25) is 4.79 Å². The fourth-order valence-electron chi connectivity index (χ4n) is 2.16. The summed E-state index contributed by atoms with van der Waals surface area (Å²) in [5, 5.41) is 4.54. The Morgan fingerprint density at radius 2 is 2.04 bits per heavy atom. The Morgan fingerprint density at radius 3 is 2.80 bits per heavy atom. The molecule has 1 aromatic carbocycles. The van der Waals surface area contributed by atoms with Crippen molar-refractivity contribution in [3.63, 3.8) is 0 Å². The molecular formula is C17H15N3O4S. The number of anilines is 1. The second-order valence-corrected chi connectivity index (χ2v) is 6.24. The Bertz CT molecular complexity index is 985. The lowest BCUT2D eigenvalue weighted by Gasteiger charge is -2.12. The van der Waals surface area contributed by atoms with Crippen LogP contribution in [0.3, 0.4) is 0 Å². The molecule has 2 aromatic heterocycles. The Labute approximate surface area is 146 Å². The number of carbonyl (C=O) groups is 2. The van der Waals surface area contributed by atoms with Crippen molar-refractivity contribution in [2.75, 3.05) is 5.32 Å². The van der Waals surface area contributed by atoms with E-state index >= 15 is 0 Å². The van der Waals surface area contributed by atoms with Crippen LogP contribution in [0.5, 0.6) is 0 Å². The number of aromatic amines is 2. The number of aromatic nitrogens is 2. The van der Waals surface area contributed by atoms with Crippen molar-refractivity contribution in [3.8, 4) is 0 Å². The summed E-state index contributed by atoms with van der Waals surface area (Å²) in [5.41, 5.74) is 1.38. The zero-order valence-corrected chi connectivity index (χ0v) is 14.1. The highest BCUT2D eigenvalue weighted by molar-refractivity contribution is 7.10. The summed E-state index contributed by atoms with van der Waals surface area (Å²) >= 11 is 1.49. The zero-order chi connectivity index (χ0) is 17.8. The van der Waals surface area contributed by atoms with Crippen molar-refractivity contribution in [1.82, 2.24) is 9.97 Å². The SMILES string of the molecule is C[C@H](OC(=O)/C=C/c1cccs1)C(=O)Nc1ccc2[nH]c(=O)[nH]c2c1. The number of ether oxygens (including phenoxy) is 1. The first-order valence-electron chi connectivity index (χ1n) is 7.46. The first-order chi connectivity index (χ1) is 12.0. The van der Waals surface area contributed by atoms with Gasteiger partial charge in [-0.05, 0) is 42.6 Å². The average molecular weight is 357 g/mol. The van der Waals surface area contributed by atoms with Gasteiger partial charge in [0.2, 0.25) is 0 Å². The number of hydrogen-bond acceptors (Lipinski definition) is 5. The summed E-state index contributed by atoms with van der Waals surface area (Å²) in [6.07, 6.45) is 1.96. The summed E-state index contributed by atoms with van der Waals surface area (Å²) in [5.74, 6) is -1.06. The Balaban J connectivity index is 1.59. The van der Waals surface area contributed by atoms with Crippen LogP contribution in [0.2, 0.25) is 0 Å². The molecule has 0 saturated carbocycles. The van der Waals surface area contributed by atoms with E-state index in [0.29, 0.717) is 16.7 Å². The summed E-state index contributed by atoms with van der Waals surface area (Å²) in [4.78, 5) is 41.3. The van der Waals surface area contributed by atoms with Crippen LogP contribution in [-0.2, 0) is 14.3 Å². The molecule has 2 heterocycles. The van der Waals surface area contributed by atoms with Gasteiger partial charge in [0, 0.05) is 16.6 Å². The van der Waals surface area contributed by atoms with Crippen molar-refractivity contribution in [2.24, 2.45) is 0 Å². The lowest BCUT2D eigenvalue weighted by molar-refractivity contribution is -0.148. The van der Waals surface area contributed by atoms with Gasteiger partial charge < -0.3 is 20.0 Å². The van der Waals surface area contributed by atoms with E-state index in [1.807, 2.05) is 17.5 Å². The third kappa shape index (κ3) is 4.24. The van der Waals surface area contributed by atoms with Crippen molar-refractivity contribution in [3.05, 3.63) is 57.1 Å². The number of H-pyrrole nitrogens is 2. The van der Waals surface area contributed by atoms with Gasteiger partial charge in [-0.2, -0.15) is 0 Å². The highest BCUT2D eigenvalue weighted by Gasteiger charge is 2.17. The molecule has 0 aliphatic rings. The quantitative estimate of drug-likeness (QED) is 0.482. The van der Waals surface area contributed by atoms with Gasteiger partial charge >= 0.3 is 11.7 Å². The third-order valence-electron chi connectivity index (χ3n) is 3.37. The molecule has 1 atom stereocenters. The van der Waals surface area contributed by atoms with Crippen LogP contribution in [0.15, 0.2) is 46.6 Å². The molecule has 0 bridgehead atoms. The molecule has 3 aromatic rings. The number of hydrogen-bond donors (Lipinski definition) is 3. The molecule has 0 aliphatic heterocycles. The van der Waals surface area contributed by atoms with Gasteiger partial charge in [0.25, 0.3) is 5.91 Å². The Hall–Kier alpha value is -3.13. The second-order valence-electron chi connectivity index (χ2n) is 5.26. The minimum atomic E-state index is -0.957. The maximum absolute atomic E-state index is 12.1. The maximum atomic E-state index is 12.1. The number of nitrogens with one attached hydrogen (secondary N) is 3. The number of amides is 1. The van der Waals surface area contributed by atoms with Gasteiger partial charge in [0.15, 0.2) is 6.10 Å². The topological polar surface area (TPSA) is 104 Å². The number of esters is 1. The van der Waals surface area contributed by atoms with Crippen molar-refractivity contribution in [2.45, 2.75) is 13.0 Å². The normalized spacial score (nSPS) is 12.4. The van der Waals surface area contributed by atoms with Crippen LogP contribution >= 0.6 is 11.3 Å². The smallest absolute Gasteiger partial charge is 0.331 e. The molecule has 128 valence electrons. The van der Waals surface area contributed by atoms with Crippen LogP contribution in [0.25, 0.3) is 17.1 Å². The molecule has 1 amide bonds. The van der Waals surface area contributed by atoms with Crippen molar-refractivity contribution in [1.29, 1.82) is 0 Å². The molecule has 0 fully saturated rings. The highest BCUT2D eigenvalue weighted by atomic mass is 32.1. The minimum absolute atomic E-state index is 0.321. The average Bonchev–Trinajstić information content (AvgIpc) is 3.20. The molecule has 3 rings (SSSR count). The Kier molecular flexibility index (Phi) is 4.80. The zero-order valence-electron chi connectivity index (χ0n) is 13.2. The highest BCUT2D eigenvalue weighted by Crippen LogP contribution is 2.15. The van der Waals surface area contributed by atoms with E-state index in [4.69, 9.17) is 4.74 Å². The van der Waals surface area contributed by atoms with E-state index in [1.165, 1.54) is 24.3 Å². The third-order valence-corrected chi connectivity index (χ3v) is 4.21. The predicted octanol–water partition coefficient (Wildman–Crippen LogP) is 2.50. The monoisotopic (exact) mass is 357 g/mol. The largest absolute Gasteiger partial charge is 0.449 e. The summed E-state index contributed by atoms with van der Waals surface area (Å²) in [6.45, 7) is 1.49. The molecule has 25 heavy (non-hydrogen) atoms. The lowest BCUT2D eigenvalue weighted by Crippen LogP contribution is -2.29. The first kappa shape index (κ1) is 16.7. The van der Waals surface area contributed by atoms with Crippen molar-refractivity contribution < 1.29 is 14.3 Å². The van der Waals surface area contributed by atoms with E-state index in [-0.39, 0.29) is 5.69 Å². The van der Waals surface area contributed by atoms with Crippen LogP contribution in [0.4, 0.5) is 5.69 Å². The first-order valence-corrected chi connectivity index (χ1v) is 8.34. The molecule has 0 spiro atoms. The van der Waals surface area contributed by atoms with Gasteiger partial charge in [-0.15, -0.1) is 11.3 Å². The van der Waals surface area contributed by atoms with Gasteiger partial charge in [0.1, 0.15) is 0 Å². The molecule has 7 nitrogen and oxygen atoms in total. The number of rotatable bonds is 5. The van der Waals surface area contributed by atoms with Crippen LogP contribution in [0, 0.1) is 0 Å². The minimum Gasteiger partial charge on any atom is -0.449 e. The fourth-order valence-corrected chi connectivity index (χ4v) is 2.78. The second kappa shape index (κ2) is 7.18. The fraction of sp³-hybridized carbons (Fsp3) is 0.118. The van der Waals surface area contributed by atoms with E-state index < -0.39 is 18.0 Å². The number of thiophene rings is 1. The maximum Gasteiger partial charge on any atom is 0.331 e. The number of benzene rings is 1. The molecule has 8 heteroatoms. The van der Waals surface area contributed by atoms with Gasteiger partial charge in [-0.25, -0.2) is 9.59 Å². The van der Waals surface area contributed by atoms with Crippen LogP contribution in [-0.4, -0.2) is 27.9 Å². The van der Waals surface area contributed by atoms with Crippen LogP contribution < -0.4 is 11.0 Å². The molecule has 3 N–H and O–H groups in total. The molecule has 0 aliphatic carbocycles. The molecule has 0 saturated heterocycles. The van der Waals surface area contributed by atoms with Crippen LogP contribution in [0.1, 0.15) is 11.8 Å². The number of carbonyl (C=O) groups excluding carboxylic acids is 2. The summed E-state index contributed by atoms with van der Waals surface area (Å²) < 4.78 is 5.08. The predicted molar refractivity (Wildman–Crippen MR) is 96.5 cm³/mol. The number of imidazole rings is 1. The van der Waals surface area contributed by atoms with E-state index in [1.54, 1.807) is 24.3 Å². The van der Waals surface area contributed by atoms with Gasteiger partial charge in [-0.1, -0.05) is 6.07 Å². The lowest BCUT2D eigenvalue weighted by atomic mass is 10.2. The molecular weight excluding hydrogens is 342 g/mol. The molecule has 0 radical (unpaired) electrons. The Morgan fingerprint density at radius 1 is 1.24 bits per heavy atom. The standard InChI is InChI=1S/C17H15N3O4S/c1-10(24-15(21)7-5-12-3-2-8-25-12)16(22)18-11-4-6-13-14(9-11)20-17(23)19-13/h2-10H,1H3,(H,18,22)(H2,19,20,23)/b7-5+/t10-/m0/s1. The van der Waals surface area contributed by atoms with Gasteiger partial charge in [0.05, 0.1) is 11.0 Å². The van der Waals surface area contributed by atoms with E-state index in [0.717, 1.165) is 4.88 Å². The summed E-state index contributed by atoms with van der Waals surface area (Å²) in [6, 6.07) is 8.68. The van der Waals surface area contributed by atoms with E-state index in [9.17, 15) is 14.4 Å². The van der Waals surface area contributed by atoms with Crippen molar-refractivity contribution >= 4 is 46.0 Å². The summed E-state index contributed by atoms with van der Waals surface area (Å²) in [7, 11) is 0. The van der Waals surface area contributed by atoms with E-state index in [2.05, 4.69) is 15.3 Å². The number of fused-ring (bicyclic) bond motifs is 1.